The van der Waals surface area contributed by atoms with Crippen molar-refractivity contribution >= 4 is 15.9 Å². The standard InChI is InChI=1S/C11H13BrO3/c1-13-9-5-4-8(12)7-10(9)15-11-3-2-6-14-11/h4-5,7,11H,2-3,6H2,1H3. The zero-order valence-corrected chi connectivity index (χ0v) is 10.1. The molecule has 15 heavy (non-hydrogen) atoms. The summed E-state index contributed by atoms with van der Waals surface area (Å²) in [6.45, 7) is 0.779. The van der Waals surface area contributed by atoms with Gasteiger partial charge in [-0.2, -0.15) is 0 Å². The summed E-state index contributed by atoms with van der Waals surface area (Å²) in [6.07, 6.45) is 1.87. The van der Waals surface area contributed by atoms with Crippen LogP contribution in [0.5, 0.6) is 11.5 Å². The molecule has 0 aliphatic carbocycles. The number of halogens is 1. The van der Waals surface area contributed by atoms with Crippen molar-refractivity contribution in [1.82, 2.24) is 0 Å². The summed E-state index contributed by atoms with van der Waals surface area (Å²) >= 11 is 3.40. The van der Waals surface area contributed by atoms with Crippen molar-refractivity contribution in [3.63, 3.8) is 0 Å². The molecule has 0 spiro atoms. The van der Waals surface area contributed by atoms with Gasteiger partial charge in [-0.3, -0.25) is 0 Å². The molecule has 0 radical (unpaired) electrons. The van der Waals surface area contributed by atoms with Crippen LogP contribution in [0.15, 0.2) is 22.7 Å². The average molecular weight is 273 g/mol. The lowest BCUT2D eigenvalue weighted by Crippen LogP contribution is -2.14. The Bertz CT molecular complexity index is 335. The molecule has 1 unspecified atom stereocenters. The highest BCUT2D eigenvalue weighted by Gasteiger charge is 2.18. The highest BCUT2D eigenvalue weighted by atomic mass is 79.9. The Morgan fingerprint density at radius 1 is 1.40 bits per heavy atom. The first kappa shape index (κ1) is 10.8. The van der Waals surface area contributed by atoms with E-state index >= 15 is 0 Å². The Labute approximate surface area is 97.5 Å². The number of hydrogen-bond donors (Lipinski definition) is 0. The molecule has 1 atom stereocenters. The van der Waals surface area contributed by atoms with Gasteiger partial charge in [-0.05, 0) is 24.6 Å². The molecule has 4 heteroatoms. The minimum absolute atomic E-state index is 0.131. The zero-order chi connectivity index (χ0) is 10.7. The van der Waals surface area contributed by atoms with E-state index in [4.69, 9.17) is 14.2 Å². The van der Waals surface area contributed by atoms with Gasteiger partial charge in [0.1, 0.15) is 0 Å². The lowest BCUT2D eigenvalue weighted by Gasteiger charge is -2.15. The van der Waals surface area contributed by atoms with Crippen molar-refractivity contribution in [3.05, 3.63) is 22.7 Å². The van der Waals surface area contributed by atoms with E-state index in [0.717, 1.165) is 35.4 Å². The fraction of sp³-hybridized carbons (Fsp3) is 0.455. The maximum Gasteiger partial charge on any atom is 0.200 e. The first-order valence-electron chi connectivity index (χ1n) is 4.91. The number of benzene rings is 1. The van der Waals surface area contributed by atoms with Gasteiger partial charge < -0.3 is 14.2 Å². The molecule has 0 saturated carbocycles. The van der Waals surface area contributed by atoms with Crippen LogP contribution in [0, 0.1) is 0 Å². The quantitative estimate of drug-likeness (QED) is 0.847. The number of methoxy groups -OCH3 is 1. The lowest BCUT2D eigenvalue weighted by atomic mass is 10.3. The number of ether oxygens (including phenoxy) is 3. The van der Waals surface area contributed by atoms with Gasteiger partial charge in [0.05, 0.1) is 13.7 Å². The van der Waals surface area contributed by atoms with Gasteiger partial charge in [0.2, 0.25) is 0 Å². The summed E-state index contributed by atoms with van der Waals surface area (Å²) in [7, 11) is 1.63. The predicted molar refractivity (Wildman–Crippen MR) is 60.3 cm³/mol. The Morgan fingerprint density at radius 3 is 2.93 bits per heavy atom. The van der Waals surface area contributed by atoms with Crippen LogP contribution < -0.4 is 9.47 Å². The lowest BCUT2D eigenvalue weighted by molar-refractivity contribution is -0.0403. The first-order chi connectivity index (χ1) is 7.29. The highest BCUT2D eigenvalue weighted by Crippen LogP contribution is 2.32. The molecule has 2 rings (SSSR count). The van der Waals surface area contributed by atoms with Crippen molar-refractivity contribution in [1.29, 1.82) is 0 Å². The molecule has 0 aromatic heterocycles. The normalized spacial score (nSPS) is 20.3. The van der Waals surface area contributed by atoms with Gasteiger partial charge in [0, 0.05) is 10.9 Å². The molecule has 1 aromatic carbocycles. The van der Waals surface area contributed by atoms with Gasteiger partial charge in [0.15, 0.2) is 17.8 Å². The molecule has 0 bridgehead atoms. The van der Waals surface area contributed by atoms with Crippen molar-refractivity contribution in [2.45, 2.75) is 19.1 Å². The van der Waals surface area contributed by atoms with Gasteiger partial charge in [-0.15, -0.1) is 0 Å². The summed E-state index contributed by atoms with van der Waals surface area (Å²) < 4.78 is 17.3. The van der Waals surface area contributed by atoms with Gasteiger partial charge >= 0.3 is 0 Å². The fourth-order valence-electron chi connectivity index (χ4n) is 1.53. The van der Waals surface area contributed by atoms with E-state index in [1.54, 1.807) is 7.11 Å². The van der Waals surface area contributed by atoms with E-state index in [0.29, 0.717) is 0 Å². The second-order valence-electron chi connectivity index (χ2n) is 3.36. The van der Waals surface area contributed by atoms with Crippen LogP contribution >= 0.6 is 15.9 Å². The second kappa shape index (κ2) is 4.86. The van der Waals surface area contributed by atoms with E-state index in [2.05, 4.69) is 15.9 Å². The van der Waals surface area contributed by atoms with Crippen molar-refractivity contribution in [2.24, 2.45) is 0 Å². The third-order valence-corrected chi connectivity index (χ3v) is 2.77. The van der Waals surface area contributed by atoms with Crippen molar-refractivity contribution in [2.75, 3.05) is 13.7 Å². The minimum atomic E-state index is -0.131. The minimum Gasteiger partial charge on any atom is -0.493 e. The Balaban J connectivity index is 2.14. The second-order valence-corrected chi connectivity index (χ2v) is 4.27. The molecule has 1 aliphatic heterocycles. The first-order valence-corrected chi connectivity index (χ1v) is 5.70. The third kappa shape index (κ3) is 2.63. The number of rotatable bonds is 3. The average Bonchev–Trinajstić information content (AvgIpc) is 2.71. The summed E-state index contributed by atoms with van der Waals surface area (Å²) in [5, 5.41) is 0. The molecule has 0 N–H and O–H groups in total. The predicted octanol–water partition coefficient (Wildman–Crippen LogP) is 2.97. The van der Waals surface area contributed by atoms with Crippen LogP contribution in [0.25, 0.3) is 0 Å². The van der Waals surface area contributed by atoms with E-state index in [1.165, 1.54) is 0 Å². The summed E-state index contributed by atoms with van der Waals surface area (Å²) in [5.74, 6) is 1.45. The molecular weight excluding hydrogens is 260 g/mol. The van der Waals surface area contributed by atoms with E-state index in [9.17, 15) is 0 Å². The van der Waals surface area contributed by atoms with Gasteiger partial charge in [0.25, 0.3) is 0 Å². The molecule has 3 nitrogen and oxygen atoms in total. The van der Waals surface area contributed by atoms with E-state index < -0.39 is 0 Å². The van der Waals surface area contributed by atoms with Crippen LogP contribution in [0.1, 0.15) is 12.8 Å². The van der Waals surface area contributed by atoms with Crippen LogP contribution in [0.4, 0.5) is 0 Å². The van der Waals surface area contributed by atoms with E-state index in [-0.39, 0.29) is 6.29 Å². The molecule has 82 valence electrons. The SMILES string of the molecule is COc1ccc(Br)cc1OC1CCCO1. The zero-order valence-electron chi connectivity index (χ0n) is 8.53. The fourth-order valence-corrected chi connectivity index (χ4v) is 1.87. The number of hydrogen-bond acceptors (Lipinski definition) is 3. The van der Waals surface area contributed by atoms with Crippen LogP contribution in [0.2, 0.25) is 0 Å². The van der Waals surface area contributed by atoms with Crippen molar-refractivity contribution < 1.29 is 14.2 Å². The van der Waals surface area contributed by atoms with E-state index in [1.807, 2.05) is 18.2 Å². The van der Waals surface area contributed by atoms with Crippen LogP contribution in [-0.2, 0) is 4.74 Å². The maximum absolute atomic E-state index is 5.70. The monoisotopic (exact) mass is 272 g/mol. The third-order valence-electron chi connectivity index (χ3n) is 2.27. The summed E-state index contributed by atoms with van der Waals surface area (Å²) in [6, 6.07) is 5.68. The van der Waals surface area contributed by atoms with Gasteiger partial charge in [-0.1, -0.05) is 15.9 Å². The van der Waals surface area contributed by atoms with Crippen molar-refractivity contribution in [3.8, 4) is 11.5 Å². The molecular formula is C11H13BrO3. The molecule has 1 aromatic rings. The molecule has 1 saturated heterocycles. The van der Waals surface area contributed by atoms with Crippen LogP contribution in [0.3, 0.4) is 0 Å². The largest absolute Gasteiger partial charge is 0.493 e. The smallest absolute Gasteiger partial charge is 0.200 e. The Kier molecular flexibility index (Phi) is 3.49. The molecule has 0 amide bonds. The van der Waals surface area contributed by atoms with Crippen LogP contribution in [-0.4, -0.2) is 20.0 Å². The molecule has 1 heterocycles. The Morgan fingerprint density at radius 2 is 2.27 bits per heavy atom. The maximum atomic E-state index is 5.70. The molecule has 1 fully saturated rings. The molecule has 1 aliphatic rings. The Hall–Kier alpha value is -0.740. The topological polar surface area (TPSA) is 27.7 Å². The summed E-state index contributed by atoms with van der Waals surface area (Å²) in [4.78, 5) is 0. The van der Waals surface area contributed by atoms with Gasteiger partial charge in [-0.25, -0.2) is 0 Å². The highest BCUT2D eigenvalue weighted by molar-refractivity contribution is 9.10. The summed E-state index contributed by atoms with van der Waals surface area (Å²) in [5.41, 5.74) is 0.